The number of H-pyrrole nitrogens is 2. The van der Waals surface area contributed by atoms with Crippen LogP contribution in [0.15, 0.2) is 67.0 Å². The molecule has 3 heterocycles. The van der Waals surface area contributed by atoms with Gasteiger partial charge in [-0.15, -0.1) is 0 Å². The van der Waals surface area contributed by atoms with Crippen molar-refractivity contribution in [3.8, 4) is 0 Å². The van der Waals surface area contributed by atoms with Crippen molar-refractivity contribution >= 4 is 38.6 Å². The molecule has 144 valence electrons. The predicted molar refractivity (Wildman–Crippen MR) is 107 cm³/mol. The highest BCUT2D eigenvalue weighted by molar-refractivity contribution is 9.10. The van der Waals surface area contributed by atoms with Crippen molar-refractivity contribution in [3.63, 3.8) is 0 Å². The minimum absolute atomic E-state index is 0.134. The fourth-order valence-corrected chi connectivity index (χ4v) is 3.40. The third kappa shape index (κ3) is 4.26. The molecule has 0 atom stereocenters. The van der Waals surface area contributed by atoms with E-state index in [0.717, 1.165) is 11.5 Å². The molecule has 1 amide bonds. The Balaban J connectivity index is 1.49. The lowest BCUT2D eigenvalue weighted by atomic mass is 10.2. The third-order valence-corrected chi connectivity index (χ3v) is 4.82. The van der Waals surface area contributed by atoms with Crippen LogP contribution in [0.2, 0.25) is 0 Å². The monoisotopic (exact) mass is 444 g/mol. The van der Waals surface area contributed by atoms with Gasteiger partial charge in [-0.3, -0.25) is 9.69 Å². The molecule has 0 spiro atoms. The van der Waals surface area contributed by atoms with Gasteiger partial charge >= 0.3 is 5.69 Å². The molecule has 3 N–H and O–H groups in total. The molecular formula is C19H17BrN4O4. The minimum atomic E-state index is -0.298. The molecule has 0 aliphatic heterocycles. The molecule has 0 saturated carbocycles. The number of fused-ring (bicyclic) bond motifs is 1. The maximum Gasteiger partial charge on any atom is 0.323 e. The molecule has 0 aliphatic carbocycles. The Bertz CT molecular complexity index is 1090. The molecular weight excluding hydrogens is 428 g/mol. The van der Waals surface area contributed by atoms with Gasteiger partial charge in [-0.2, -0.15) is 0 Å². The van der Waals surface area contributed by atoms with Crippen LogP contribution in [0.4, 0.5) is 5.69 Å². The molecule has 8 nitrogen and oxygen atoms in total. The fraction of sp³-hybridized carbons (Fsp3) is 0.158. The molecule has 28 heavy (non-hydrogen) atoms. The number of carbonyl (C=O) groups is 1. The van der Waals surface area contributed by atoms with Crippen molar-refractivity contribution in [1.82, 2.24) is 14.9 Å². The zero-order chi connectivity index (χ0) is 19.5. The van der Waals surface area contributed by atoms with E-state index in [1.165, 1.54) is 0 Å². The first-order valence-electron chi connectivity index (χ1n) is 8.55. The number of halogens is 1. The number of aromatic nitrogens is 2. The van der Waals surface area contributed by atoms with Gasteiger partial charge in [0.05, 0.1) is 48.9 Å². The summed E-state index contributed by atoms with van der Waals surface area (Å²) in [5.74, 6) is 1.31. The summed E-state index contributed by atoms with van der Waals surface area (Å²) in [6.07, 6.45) is 3.20. The highest BCUT2D eigenvalue weighted by atomic mass is 79.9. The number of amides is 1. The van der Waals surface area contributed by atoms with E-state index < -0.39 is 0 Å². The Morgan fingerprint density at radius 2 is 1.64 bits per heavy atom. The van der Waals surface area contributed by atoms with E-state index >= 15 is 0 Å². The van der Waals surface area contributed by atoms with Gasteiger partial charge in [-0.05, 0) is 52.3 Å². The zero-order valence-electron chi connectivity index (χ0n) is 14.7. The van der Waals surface area contributed by atoms with Gasteiger partial charge in [0, 0.05) is 4.47 Å². The summed E-state index contributed by atoms with van der Waals surface area (Å²) < 4.78 is 11.5. The van der Waals surface area contributed by atoms with E-state index in [4.69, 9.17) is 8.83 Å². The van der Waals surface area contributed by atoms with Crippen LogP contribution in [-0.4, -0.2) is 27.3 Å². The molecule has 4 rings (SSSR count). The van der Waals surface area contributed by atoms with Crippen LogP contribution in [-0.2, 0) is 17.9 Å². The number of aromatic amines is 2. The summed E-state index contributed by atoms with van der Waals surface area (Å²) in [5, 5.41) is 2.88. The van der Waals surface area contributed by atoms with Crippen molar-refractivity contribution < 1.29 is 13.6 Å². The maximum atomic E-state index is 12.7. The second-order valence-corrected chi connectivity index (χ2v) is 7.16. The number of benzene rings is 1. The quantitative estimate of drug-likeness (QED) is 0.404. The smallest absolute Gasteiger partial charge is 0.323 e. The largest absolute Gasteiger partial charge is 0.468 e. The number of carbonyl (C=O) groups excluding carboxylic acids is 1. The fourth-order valence-electron chi connectivity index (χ4n) is 2.96. The lowest BCUT2D eigenvalue weighted by molar-refractivity contribution is -0.117. The molecule has 9 heteroatoms. The number of furan rings is 2. The minimum Gasteiger partial charge on any atom is -0.468 e. The lowest BCUT2D eigenvalue weighted by Crippen LogP contribution is -2.32. The van der Waals surface area contributed by atoms with Crippen LogP contribution < -0.4 is 11.0 Å². The molecule has 0 saturated heterocycles. The van der Waals surface area contributed by atoms with Gasteiger partial charge in [0.15, 0.2) is 0 Å². The summed E-state index contributed by atoms with van der Waals surface area (Å²) in [4.78, 5) is 31.4. The average Bonchev–Trinajstić information content (AvgIpc) is 3.37. The molecule has 1 aromatic carbocycles. The number of anilines is 1. The van der Waals surface area contributed by atoms with Crippen LogP contribution in [0.5, 0.6) is 0 Å². The predicted octanol–water partition coefficient (Wildman–Crippen LogP) is 3.45. The van der Waals surface area contributed by atoms with Crippen molar-refractivity contribution in [2.24, 2.45) is 0 Å². The number of nitrogens with zero attached hydrogens (tertiary/aromatic N) is 1. The number of hydrogen-bond acceptors (Lipinski definition) is 5. The van der Waals surface area contributed by atoms with Crippen LogP contribution in [0.3, 0.4) is 0 Å². The Hall–Kier alpha value is -3.04. The summed E-state index contributed by atoms with van der Waals surface area (Å²) in [6.45, 7) is 1.06. The van der Waals surface area contributed by atoms with Gasteiger partial charge in [0.25, 0.3) is 0 Å². The van der Waals surface area contributed by atoms with E-state index in [0.29, 0.717) is 34.3 Å². The van der Waals surface area contributed by atoms with Gasteiger partial charge in [0.2, 0.25) is 5.91 Å². The molecule has 0 bridgehead atoms. The van der Waals surface area contributed by atoms with Crippen LogP contribution in [0.25, 0.3) is 11.0 Å². The maximum absolute atomic E-state index is 12.7. The first-order valence-corrected chi connectivity index (χ1v) is 9.34. The van der Waals surface area contributed by atoms with Crippen molar-refractivity contribution in [2.75, 3.05) is 11.9 Å². The van der Waals surface area contributed by atoms with E-state index in [1.807, 2.05) is 29.2 Å². The summed E-state index contributed by atoms with van der Waals surface area (Å²) in [7, 11) is 0. The van der Waals surface area contributed by atoms with Gasteiger partial charge in [0.1, 0.15) is 11.5 Å². The normalized spacial score (nSPS) is 11.4. The second-order valence-electron chi connectivity index (χ2n) is 6.31. The highest BCUT2D eigenvalue weighted by Crippen LogP contribution is 2.26. The van der Waals surface area contributed by atoms with Gasteiger partial charge in [-0.1, -0.05) is 0 Å². The second kappa shape index (κ2) is 7.91. The molecule has 0 fully saturated rings. The molecule has 0 radical (unpaired) electrons. The summed E-state index contributed by atoms with van der Waals surface area (Å²) >= 11 is 3.42. The van der Waals surface area contributed by atoms with E-state index in [9.17, 15) is 9.59 Å². The van der Waals surface area contributed by atoms with Crippen molar-refractivity contribution in [1.29, 1.82) is 0 Å². The number of nitrogens with one attached hydrogen (secondary N) is 3. The Labute approximate surface area is 167 Å². The highest BCUT2D eigenvalue weighted by Gasteiger charge is 2.16. The molecule has 3 aromatic heterocycles. The van der Waals surface area contributed by atoms with Crippen LogP contribution >= 0.6 is 15.9 Å². The topological polar surface area (TPSA) is 107 Å². The Morgan fingerprint density at radius 1 is 1.04 bits per heavy atom. The van der Waals surface area contributed by atoms with Crippen molar-refractivity contribution in [2.45, 2.75) is 13.1 Å². The Kier molecular flexibility index (Phi) is 5.18. The standard InChI is InChI=1S/C19H17BrN4O4/c20-14-7-16-17(23-19(26)22-16)8-15(14)21-18(25)11-24(9-12-3-1-5-27-12)10-13-4-2-6-28-13/h1-8H,9-11H2,(H,21,25)(H2,22,23,26). The number of rotatable bonds is 7. The van der Waals surface area contributed by atoms with E-state index in [1.54, 1.807) is 24.7 Å². The molecule has 4 aromatic rings. The zero-order valence-corrected chi connectivity index (χ0v) is 16.3. The van der Waals surface area contributed by atoms with Gasteiger partial charge < -0.3 is 24.1 Å². The number of hydrogen-bond donors (Lipinski definition) is 3. The average molecular weight is 445 g/mol. The third-order valence-electron chi connectivity index (χ3n) is 4.16. The SMILES string of the molecule is O=C(CN(Cc1ccco1)Cc1ccco1)Nc1cc2[nH]c(=O)[nH]c2cc1Br. The van der Waals surface area contributed by atoms with Gasteiger partial charge in [-0.25, -0.2) is 4.79 Å². The summed E-state index contributed by atoms with van der Waals surface area (Å²) in [6, 6.07) is 10.8. The van der Waals surface area contributed by atoms with Crippen LogP contribution in [0.1, 0.15) is 11.5 Å². The Morgan fingerprint density at radius 3 is 2.21 bits per heavy atom. The number of imidazole rings is 1. The lowest BCUT2D eigenvalue weighted by Gasteiger charge is -2.20. The summed E-state index contributed by atoms with van der Waals surface area (Å²) in [5.41, 5.74) is 1.55. The molecule has 0 unspecified atom stereocenters. The first kappa shape index (κ1) is 18.3. The van der Waals surface area contributed by atoms with Crippen molar-refractivity contribution in [3.05, 3.63) is 75.4 Å². The van der Waals surface area contributed by atoms with E-state index in [2.05, 4.69) is 31.2 Å². The van der Waals surface area contributed by atoms with Crippen LogP contribution in [0, 0.1) is 0 Å². The van der Waals surface area contributed by atoms with E-state index in [-0.39, 0.29) is 18.1 Å². The molecule has 0 aliphatic rings. The first-order chi connectivity index (χ1) is 13.6.